The molecule has 0 unspecified atom stereocenters. The number of carbonyl (C=O) groups is 1. The standard InChI is InChI=1S/C23H24ClN5O2S/c1-5-6-11-31-23(30)16(13-25)12-20-21(24)19(14-26)22(32-20)28-27-17-7-9-18(10-8-17)29(4)15(2)3/h7-10,12,15H,5-6,11H2,1-4H3. The molecule has 0 N–H and O–H groups in total. The molecular formula is C23H24ClN5O2S. The Kier molecular flexibility index (Phi) is 9.39. The number of hydrogen-bond donors (Lipinski definition) is 0. The van der Waals surface area contributed by atoms with Crippen LogP contribution in [0.3, 0.4) is 0 Å². The lowest BCUT2D eigenvalue weighted by atomic mass is 10.2. The summed E-state index contributed by atoms with van der Waals surface area (Å²) in [4.78, 5) is 14.6. The minimum Gasteiger partial charge on any atom is -0.462 e. The number of hydrogen-bond acceptors (Lipinski definition) is 8. The third kappa shape index (κ3) is 6.40. The second-order valence-corrected chi connectivity index (χ2v) is 8.56. The van der Waals surface area contributed by atoms with Gasteiger partial charge in [0.2, 0.25) is 0 Å². The second kappa shape index (κ2) is 12.0. The van der Waals surface area contributed by atoms with Gasteiger partial charge in [-0.1, -0.05) is 24.9 Å². The summed E-state index contributed by atoms with van der Waals surface area (Å²) in [6.07, 6.45) is 2.90. The van der Waals surface area contributed by atoms with Crippen molar-refractivity contribution < 1.29 is 9.53 Å². The fraction of sp³-hybridized carbons (Fsp3) is 0.348. The minimum atomic E-state index is -0.724. The molecule has 0 amide bonds. The number of carbonyl (C=O) groups excluding carboxylic acids is 1. The van der Waals surface area contributed by atoms with E-state index in [1.165, 1.54) is 6.08 Å². The molecule has 1 aromatic carbocycles. The Labute approximate surface area is 197 Å². The zero-order valence-corrected chi connectivity index (χ0v) is 20.0. The summed E-state index contributed by atoms with van der Waals surface area (Å²) in [6.45, 7) is 6.41. The van der Waals surface area contributed by atoms with E-state index in [1.807, 2.05) is 50.4 Å². The van der Waals surface area contributed by atoms with Crippen molar-refractivity contribution in [2.75, 3.05) is 18.6 Å². The van der Waals surface area contributed by atoms with Crippen molar-refractivity contribution in [1.82, 2.24) is 0 Å². The van der Waals surface area contributed by atoms with Crippen LogP contribution in [-0.4, -0.2) is 25.7 Å². The molecule has 0 aliphatic rings. The average Bonchev–Trinajstić information content (AvgIpc) is 3.09. The zero-order chi connectivity index (χ0) is 23.7. The molecule has 2 aromatic rings. The molecule has 2 rings (SSSR count). The first kappa shape index (κ1) is 25.1. The van der Waals surface area contributed by atoms with Gasteiger partial charge in [-0.25, -0.2) is 4.79 Å². The highest BCUT2D eigenvalue weighted by Gasteiger charge is 2.18. The van der Waals surface area contributed by atoms with Crippen LogP contribution in [0.1, 0.15) is 44.1 Å². The smallest absolute Gasteiger partial charge is 0.348 e. The highest BCUT2D eigenvalue weighted by molar-refractivity contribution is 7.17. The first-order valence-electron chi connectivity index (χ1n) is 10.1. The topological polar surface area (TPSA) is 102 Å². The summed E-state index contributed by atoms with van der Waals surface area (Å²) >= 11 is 7.38. The number of nitriles is 2. The highest BCUT2D eigenvalue weighted by Crippen LogP contribution is 2.40. The van der Waals surface area contributed by atoms with Crippen LogP contribution in [0, 0.1) is 22.7 Å². The monoisotopic (exact) mass is 469 g/mol. The van der Waals surface area contributed by atoms with Crippen LogP contribution in [0.25, 0.3) is 6.08 Å². The average molecular weight is 470 g/mol. The van der Waals surface area contributed by atoms with Gasteiger partial charge in [-0.05, 0) is 50.6 Å². The lowest BCUT2D eigenvalue weighted by Gasteiger charge is -2.23. The molecule has 0 saturated carbocycles. The van der Waals surface area contributed by atoms with E-state index < -0.39 is 5.97 Å². The number of halogens is 1. The Bertz CT molecular complexity index is 1090. The molecule has 166 valence electrons. The molecule has 1 heterocycles. The summed E-state index contributed by atoms with van der Waals surface area (Å²) in [5, 5.41) is 27.6. The number of azo groups is 1. The first-order valence-corrected chi connectivity index (χ1v) is 11.3. The molecule has 0 bridgehead atoms. The molecule has 0 aliphatic carbocycles. The Hall–Kier alpha value is -3.20. The molecule has 0 fully saturated rings. The van der Waals surface area contributed by atoms with Crippen LogP contribution in [0.15, 0.2) is 40.1 Å². The first-order chi connectivity index (χ1) is 15.3. The van der Waals surface area contributed by atoms with Crippen LogP contribution >= 0.6 is 22.9 Å². The van der Waals surface area contributed by atoms with Crippen molar-refractivity contribution in [2.24, 2.45) is 10.2 Å². The molecule has 0 radical (unpaired) electrons. The third-order valence-electron chi connectivity index (χ3n) is 4.60. The number of thiophene rings is 1. The normalized spacial score (nSPS) is 11.4. The maximum absolute atomic E-state index is 12.1. The Balaban J connectivity index is 2.27. The van der Waals surface area contributed by atoms with Crippen molar-refractivity contribution in [3.8, 4) is 12.1 Å². The van der Waals surface area contributed by atoms with Crippen LogP contribution in [0.4, 0.5) is 16.4 Å². The Morgan fingerprint density at radius 3 is 2.53 bits per heavy atom. The second-order valence-electron chi connectivity index (χ2n) is 7.15. The van der Waals surface area contributed by atoms with Crippen LogP contribution < -0.4 is 4.90 Å². The Morgan fingerprint density at radius 2 is 1.97 bits per heavy atom. The van der Waals surface area contributed by atoms with Crippen LogP contribution in [-0.2, 0) is 9.53 Å². The molecule has 9 heteroatoms. The van der Waals surface area contributed by atoms with E-state index in [0.29, 0.717) is 28.0 Å². The zero-order valence-electron chi connectivity index (χ0n) is 18.4. The molecule has 0 aliphatic heterocycles. The minimum absolute atomic E-state index is 0.120. The summed E-state index contributed by atoms with van der Waals surface area (Å²) in [5.74, 6) is -0.724. The van der Waals surface area contributed by atoms with Crippen molar-refractivity contribution in [2.45, 2.75) is 39.7 Å². The molecule has 7 nitrogen and oxygen atoms in total. The lowest BCUT2D eigenvalue weighted by Crippen LogP contribution is -2.25. The van der Waals surface area contributed by atoms with E-state index in [1.54, 1.807) is 0 Å². The van der Waals surface area contributed by atoms with Gasteiger partial charge in [-0.15, -0.1) is 21.6 Å². The fourth-order valence-corrected chi connectivity index (χ4v) is 3.75. The van der Waals surface area contributed by atoms with Gasteiger partial charge in [0.1, 0.15) is 23.3 Å². The quantitative estimate of drug-likeness (QED) is 0.132. The summed E-state index contributed by atoms with van der Waals surface area (Å²) in [7, 11) is 2.01. The fourth-order valence-electron chi connectivity index (χ4n) is 2.49. The third-order valence-corrected chi connectivity index (χ3v) is 6.13. The highest BCUT2D eigenvalue weighted by atomic mass is 35.5. The number of esters is 1. The SMILES string of the molecule is CCCCOC(=O)C(C#N)=Cc1sc(N=Nc2ccc(N(C)C(C)C)cc2)c(C#N)c1Cl. The van der Waals surface area contributed by atoms with Crippen molar-refractivity contribution in [1.29, 1.82) is 10.5 Å². The predicted molar refractivity (Wildman–Crippen MR) is 128 cm³/mol. The number of unbranched alkanes of at least 4 members (excludes halogenated alkanes) is 1. The molecule has 0 saturated heterocycles. The van der Waals surface area contributed by atoms with E-state index in [0.717, 1.165) is 23.4 Å². The largest absolute Gasteiger partial charge is 0.462 e. The number of ether oxygens (including phenoxy) is 1. The summed E-state index contributed by atoms with van der Waals surface area (Å²) in [6, 6.07) is 11.7. The molecule has 0 atom stereocenters. The van der Waals surface area contributed by atoms with E-state index in [-0.39, 0.29) is 22.8 Å². The van der Waals surface area contributed by atoms with Crippen LogP contribution in [0.2, 0.25) is 5.02 Å². The van der Waals surface area contributed by atoms with Crippen molar-refractivity contribution in [3.05, 3.63) is 45.3 Å². The molecular weight excluding hydrogens is 446 g/mol. The number of benzene rings is 1. The van der Waals surface area contributed by atoms with Gasteiger partial charge in [0.25, 0.3) is 0 Å². The molecule has 1 aromatic heterocycles. The van der Waals surface area contributed by atoms with E-state index in [9.17, 15) is 15.3 Å². The van der Waals surface area contributed by atoms with Gasteiger partial charge in [0, 0.05) is 18.8 Å². The number of rotatable bonds is 9. The van der Waals surface area contributed by atoms with Gasteiger partial charge in [0.15, 0.2) is 5.00 Å². The maximum Gasteiger partial charge on any atom is 0.348 e. The van der Waals surface area contributed by atoms with Gasteiger partial charge < -0.3 is 9.64 Å². The van der Waals surface area contributed by atoms with E-state index >= 15 is 0 Å². The van der Waals surface area contributed by atoms with E-state index in [2.05, 4.69) is 29.0 Å². The van der Waals surface area contributed by atoms with Crippen molar-refractivity contribution >= 4 is 51.4 Å². The molecule has 32 heavy (non-hydrogen) atoms. The maximum atomic E-state index is 12.1. The number of anilines is 1. The lowest BCUT2D eigenvalue weighted by molar-refractivity contribution is -0.138. The number of nitrogens with zero attached hydrogens (tertiary/aromatic N) is 5. The van der Waals surface area contributed by atoms with Crippen LogP contribution in [0.5, 0.6) is 0 Å². The van der Waals surface area contributed by atoms with Gasteiger partial charge in [-0.2, -0.15) is 10.5 Å². The molecule has 0 spiro atoms. The van der Waals surface area contributed by atoms with Crippen molar-refractivity contribution in [3.63, 3.8) is 0 Å². The Morgan fingerprint density at radius 1 is 1.28 bits per heavy atom. The summed E-state index contributed by atoms with van der Waals surface area (Å²) in [5.41, 5.74) is 1.62. The van der Waals surface area contributed by atoms with E-state index in [4.69, 9.17) is 16.3 Å². The van der Waals surface area contributed by atoms with Gasteiger partial charge in [-0.3, -0.25) is 0 Å². The summed E-state index contributed by atoms with van der Waals surface area (Å²) < 4.78 is 5.08. The van der Waals surface area contributed by atoms with Gasteiger partial charge in [0.05, 0.1) is 22.2 Å². The predicted octanol–water partition coefficient (Wildman–Crippen LogP) is 6.78. The van der Waals surface area contributed by atoms with Gasteiger partial charge >= 0.3 is 5.97 Å².